The highest BCUT2D eigenvalue weighted by Gasteiger charge is 2.57. The molecule has 0 aromatic heterocycles. The van der Waals surface area contributed by atoms with Crippen molar-refractivity contribution < 1.29 is 23.8 Å². The zero-order valence-electron chi connectivity index (χ0n) is 18.7. The van der Waals surface area contributed by atoms with Gasteiger partial charge < -0.3 is 24.4 Å². The summed E-state index contributed by atoms with van der Waals surface area (Å²) in [5, 5.41) is 11.8. The first-order chi connectivity index (χ1) is 17.1. The second-order valence-electron chi connectivity index (χ2n) is 8.67. The van der Waals surface area contributed by atoms with Gasteiger partial charge in [-0.25, -0.2) is 0 Å². The van der Waals surface area contributed by atoms with Gasteiger partial charge in [0.15, 0.2) is 11.5 Å². The second-order valence-corrected chi connectivity index (χ2v) is 8.67. The lowest BCUT2D eigenvalue weighted by Gasteiger charge is -2.23. The molecule has 6 rings (SSSR count). The van der Waals surface area contributed by atoms with Crippen LogP contribution in [0.25, 0.3) is 0 Å². The van der Waals surface area contributed by atoms with E-state index >= 15 is 0 Å². The molecule has 0 saturated heterocycles. The van der Waals surface area contributed by atoms with Crippen LogP contribution in [0.2, 0.25) is 0 Å². The number of fused-ring (bicyclic) bond motifs is 5. The Hall–Kier alpha value is -4.51. The number of nitrogens with zero attached hydrogens (tertiary/aromatic N) is 2. The maximum Gasteiger partial charge on any atom is 0.251 e. The standard InChI is InChI=1S/C27H21N3O5/c28-14-17-6-8-18(9-7-17)25(31)29-10-3-11-30-21-5-2-1-4-19(21)27(26(30)32)15-33-22-13-24-23(12-20(22)27)34-16-35-24/h1-2,4-9,12-13H,3,10-11,15-16H2,(H,29,31). The van der Waals surface area contributed by atoms with Gasteiger partial charge in [0.1, 0.15) is 17.8 Å². The number of nitriles is 1. The summed E-state index contributed by atoms with van der Waals surface area (Å²) in [4.78, 5) is 28.1. The van der Waals surface area contributed by atoms with E-state index in [4.69, 9.17) is 19.5 Å². The summed E-state index contributed by atoms with van der Waals surface area (Å²) in [5.74, 6) is 1.61. The Morgan fingerprint density at radius 1 is 1.00 bits per heavy atom. The highest BCUT2D eigenvalue weighted by atomic mass is 16.7. The van der Waals surface area contributed by atoms with Gasteiger partial charge in [-0.15, -0.1) is 0 Å². The SMILES string of the molecule is N#Cc1ccc(C(=O)NCCCN2C(=O)C3(COc4cc5c(cc43)OCO5)c3ccccc32)cc1. The molecule has 3 heterocycles. The Morgan fingerprint density at radius 2 is 1.77 bits per heavy atom. The van der Waals surface area contributed by atoms with Gasteiger partial charge in [-0.3, -0.25) is 9.59 Å². The molecule has 3 aliphatic heterocycles. The smallest absolute Gasteiger partial charge is 0.251 e. The predicted octanol–water partition coefficient (Wildman–Crippen LogP) is 3.13. The van der Waals surface area contributed by atoms with Crippen molar-refractivity contribution in [2.24, 2.45) is 0 Å². The van der Waals surface area contributed by atoms with Crippen molar-refractivity contribution >= 4 is 17.5 Å². The van der Waals surface area contributed by atoms with Crippen LogP contribution in [-0.2, 0) is 10.2 Å². The minimum absolute atomic E-state index is 0.0465. The van der Waals surface area contributed by atoms with E-state index in [1.165, 1.54) is 0 Å². The summed E-state index contributed by atoms with van der Waals surface area (Å²) >= 11 is 0. The molecule has 3 aromatic carbocycles. The summed E-state index contributed by atoms with van der Waals surface area (Å²) in [7, 11) is 0. The van der Waals surface area contributed by atoms with Crippen LogP contribution in [0.15, 0.2) is 60.7 Å². The fourth-order valence-corrected chi connectivity index (χ4v) is 5.02. The molecule has 1 N–H and O–H groups in total. The Kier molecular flexibility index (Phi) is 4.85. The molecule has 0 saturated carbocycles. The highest BCUT2D eigenvalue weighted by Crippen LogP contribution is 2.54. The van der Waals surface area contributed by atoms with Crippen molar-refractivity contribution in [3.63, 3.8) is 0 Å². The number of benzene rings is 3. The molecule has 0 fully saturated rings. The van der Waals surface area contributed by atoms with Crippen molar-refractivity contribution in [1.82, 2.24) is 5.32 Å². The molecule has 3 aliphatic rings. The molecule has 8 heteroatoms. The fraction of sp³-hybridized carbons (Fsp3) is 0.222. The minimum Gasteiger partial charge on any atom is -0.491 e. The van der Waals surface area contributed by atoms with Crippen LogP contribution >= 0.6 is 0 Å². The molecule has 174 valence electrons. The van der Waals surface area contributed by atoms with Crippen molar-refractivity contribution in [2.45, 2.75) is 11.8 Å². The maximum absolute atomic E-state index is 13.9. The number of para-hydroxylation sites is 1. The first-order valence-electron chi connectivity index (χ1n) is 11.4. The van der Waals surface area contributed by atoms with E-state index < -0.39 is 5.41 Å². The zero-order chi connectivity index (χ0) is 24.0. The molecule has 1 unspecified atom stereocenters. The number of rotatable bonds is 5. The van der Waals surface area contributed by atoms with Crippen molar-refractivity contribution in [3.05, 3.63) is 82.9 Å². The van der Waals surface area contributed by atoms with E-state index in [1.807, 2.05) is 36.4 Å². The van der Waals surface area contributed by atoms with Gasteiger partial charge in [0.2, 0.25) is 12.7 Å². The fourth-order valence-electron chi connectivity index (χ4n) is 5.02. The Morgan fingerprint density at radius 3 is 2.57 bits per heavy atom. The van der Waals surface area contributed by atoms with Gasteiger partial charge >= 0.3 is 0 Å². The molecule has 3 aromatic rings. The number of hydrogen-bond donors (Lipinski definition) is 1. The first-order valence-corrected chi connectivity index (χ1v) is 11.4. The van der Waals surface area contributed by atoms with Gasteiger partial charge in [0.05, 0.1) is 11.6 Å². The topological polar surface area (TPSA) is 101 Å². The van der Waals surface area contributed by atoms with Gasteiger partial charge in [0, 0.05) is 36.0 Å². The van der Waals surface area contributed by atoms with E-state index in [0.717, 1.165) is 16.8 Å². The Labute approximate surface area is 201 Å². The highest BCUT2D eigenvalue weighted by molar-refractivity contribution is 6.11. The quantitative estimate of drug-likeness (QED) is 0.579. The van der Waals surface area contributed by atoms with Gasteiger partial charge in [-0.2, -0.15) is 5.26 Å². The van der Waals surface area contributed by atoms with E-state index in [0.29, 0.717) is 47.9 Å². The molecule has 0 aliphatic carbocycles. The molecule has 8 nitrogen and oxygen atoms in total. The van der Waals surface area contributed by atoms with Gasteiger partial charge in [-0.05, 0) is 48.4 Å². The van der Waals surface area contributed by atoms with Gasteiger partial charge in [0.25, 0.3) is 5.91 Å². The van der Waals surface area contributed by atoms with E-state index in [9.17, 15) is 9.59 Å². The van der Waals surface area contributed by atoms with Crippen LogP contribution in [0.5, 0.6) is 17.2 Å². The number of carbonyl (C=O) groups excluding carboxylic acids is 2. The first kappa shape index (κ1) is 21.1. The van der Waals surface area contributed by atoms with Crippen LogP contribution in [0.3, 0.4) is 0 Å². The van der Waals surface area contributed by atoms with E-state index in [2.05, 4.69) is 5.32 Å². The third-order valence-corrected chi connectivity index (χ3v) is 6.76. The molecule has 2 amide bonds. The van der Waals surface area contributed by atoms with Crippen molar-refractivity contribution in [1.29, 1.82) is 5.26 Å². The predicted molar refractivity (Wildman–Crippen MR) is 126 cm³/mol. The van der Waals surface area contributed by atoms with Crippen molar-refractivity contribution in [3.8, 4) is 23.3 Å². The third-order valence-electron chi connectivity index (χ3n) is 6.76. The average molecular weight is 467 g/mol. The molecular formula is C27H21N3O5. The third kappa shape index (κ3) is 3.20. The Balaban J connectivity index is 1.20. The van der Waals surface area contributed by atoms with E-state index in [1.54, 1.807) is 35.2 Å². The van der Waals surface area contributed by atoms with Crippen LogP contribution in [-0.4, -0.2) is 38.3 Å². The largest absolute Gasteiger partial charge is 0.491 e. The number of anilines is 1. The van der Waals surface area contributed by atoms with E-state index in [-0.39, 0.29) is 25.2 Å². The summed E-state index contributed by atoms with van der Waals surface area (Å²) in [6, 6.07) is 19.9. The molecular weight excluding hydrogens is 446 g/mol. The van der Waals surface area contributed by atoms with Gasteiger partial charge in [-0.1, -0.05) is 18.2 Å². The minimum atomic E-state index is -0.932. The Bertz CT molecular complexity index is 1390. The molecule has 0 radical (unpaired) electrons. The van der Waals surface area contributed by atoms with Crippen LogP contribution < -0.4 is 24.4 Å². The monoisotopic (exact) mass is 467 g/mol. The lowest BCUT2D eigenvalue weighted by molar-refractivity contribution is -0.122. The summed E-state index contributed by atoms with van der Waals surface area (Å²) < 4.78 is 17.0. The number of carbonyl (C=O) groups is 2. The lowest BCUT2D eigenvalue weighted by Crippen LogP contribution is -2.43. The summed E-state index contributed by atoms with van der Waals surface area (Å²) in [6.07, 6.45) is 0.576. The van der Waals surface area contributed by atoms with Crippen LogP contribution in [0.1, 0.15) is 33.5 Å². The number of ether oxygens (including phenoxy) is 3. The molecule has 35 heavy (non-hydrogen) atoms. The zero-order valence-corrected chi connectivity index (χ0v) is 18.7. The maximum atomic E-state index is 13.9. The number of nitrogens with one attached hydrogen (secondary N) is 1. The number of hydrogen-bond acceptors (Lipinski definition) is 6. The number of amides is 2. The molecule has 1 atom stereocenters. The average Bonchev–Trinajstić information content (AvgIpc) is 3.57. The lowest BCUT2D eigenvalue weighted by atomic mass is 9.77. The summed E-state index contributed by atoms with van der Waals surface area (Å²) in [6.45, 7) is 1.22. The molecule has 0 bridgehead atoms. The molecule has 1 spiro atoms. The van der Waals surface area contributed by atoms with Crippen LogP contribution in [0.4, 0.5) is 5.69 Å². The second kappa shape index (κ2) is 8.06. The van der Waals surface area contributed by atoms with Crippen molar-refractivity contribution in [2.75, 3.05) is 31.4 Å². The normalized spacial score (nSPS) is 18.7. The summed E-state index contributed by atoms with van der Waals surface area (Å²) in [5.41, 5.74) is 2.61. The van der Waals surface area contributed by atoms with Crippen LogP contribution in [0, 0.1) is 11.3 Å².